The summed E-state index contributed by atoms with van der Waals surface area (Å²) in [6, 6.07) is 20.2. The lowest BCUT2D eigenvalue weighted by Gasteiger charge is -2.33. The number of nitrogens with one attached hydrogen (secondary N) is 1. The molecule has 0 saturated carbocycles. The van der Waals surface area contributed by atoms with Gasteiger partial charge in [0.05, 0.1) is 5.92 Å². The molecule has 1 aliphatic heterocycles. The molecule has 1 saturated heterocycles. The van der Waals surface area contributed by atoms with Crippen LogP contribution in [0.3, 0.4) is 0 Å². The van der Waals surface area contributed by atoms with Gasteiger partial charge in [-0.3, -0.25) is 4.79 Å². The van der Waals surface area contributed by atoms with Crippen LogP contribution in [0.4, 0.5) is 11.5 Å². The minimum absolute atomic E-state index is 0.0522. The second-order valence-corrected chi connectivity index (χ2v) is 8.18. The Hall–Kier alpha value is -3.21. The second-order valence-electron chi connectivity index (χ2n) is 8.18. The van der Waals surface area contributed by atoms with E-state index in [1.165, 1.54) is 18.4 Å². The first kappa shape index (κ1) is 21.0. The minimum atomic E-state index is -0.0522. The van der Waals surface area contributed by atoms with Crippen LogP contribution >= 0.6 is 0 Å². The third kappa shape index (κ3) is 5.48. The Kier molecular flexibility index (Phi) is 6.92. The van der Waals surface area contributed by atoms with Crippen LogP contribution in [-0.2, 0) is 11.2 Å². The van der Waals surface area contributed by atoms with Crippen molar-refractivity contribution in [2.45, 2.75) is 39.0 Å². The number of hydrogen-bond acceptors (Lipinski definition) is 4. The lowest BCUT2D eigenvalue weighted by Crippen LogP contribution is -2.41. The number of carbonyl (C=O) groups is 1. The van der Waals surface area contributed by atoms with Crippen LogP contribution in [0.1, 0.15) is 38.2 Å². The molecule has 2 aromatic carbocycles. The fourth-order valence-electron chi connectivity index (χ4n) is 4.03. The van der Waals surface area contributed by atoms with Crippen LogP contribution in [0.25, 0.3) is 11.4 Å². The number of carbonyl (C=O) groups excluding carboxylic acids is 1. The van der Waals surface area contributed by atoms with Gasteiger partial charge >= 0.3 is 0 Å². The molecule has 160 valence electrons. The van der Waals surface area contributed by atoms with E-state index in [2.05, 4.69) is 34.3 Å². The van der Waals surface area contributed by atoms with E-state index in [1.54, 1.807) is 6.20 Å². The predicted molar refractivity (Wildman–Crippen MR) is 126 cm³/mol. The van der Waals surface area contributed by atoms with Crippen LogP contribution in [0.5, 0.6) is 0 Å². The van der Waals surface area contributed by atoms with E-state index in [0.29, 0.717) is 12.4 Å². The van der Waals surface area contributed by atoms with Gasteiger partial charge in [0, 0.05) is 30.5 Å². The molecule has 0 bridgehead atoms. The summed E-state index contributed by atoms with van der Waals surface area (Å²) in [4.78, 5) is 24.3. The number of amides is 1. The molecule has 1 aromatic heterocycles. The highest BCUT2D eigenvalue weighted by Gasteiger charge is 2.27. The van der Waals surface area contributed by atoms with Crippen LogP contribution in [-0.4, -0.2) is 29.0 Å². The largest absolute Gasteiger partial charge is 0.356 e. The van der Waals surface area contributed by atoms with Gasteiger partial charge in [0.15, 0.2) is 5.82 Å². The van der Waals surface area contributed by atoms with Gasteiger partial charge in [-0.15, -0.1) is 0 Å². The predicted octanol–water partition coefficient (Wildman–Crippen LogP) is 5.34. The number of aromatic nitrogens is 2. The lowest BCUT2D eigenvalue weighted by molar-refractivity contribution is -0.120. The summed E-state index contributed by atoms with van der Waals surface area (Å²) >= 11 is 0. The van der Waals surface area contributed by atoms with Gasteiger partial charge in [-0.25, -0.2) is 9.97 Å². The van der Waals surface area contributed by atoms with Gasteiger partial charge in [-0.2, -0.15) is 0 Å². The van der Waals surface area contributed by atoms with Crippen LogP contribution in [0, 0.1) is 5.92 Å². The molecular formula is C26H30N4O. The lowest BCUT2D eigenvalue weighted by atomic mass is 9.97. The van der Waals surface area contributed by atoms with Crippen molar-refractivity contribution in [1.29, 1.82) is 0 Å². The van der Waals surface area contributed by atoms with Crippen molar-refractivity contribution >= 4 is 17.4 Å². The zero-order valence-electron chi connectivity index (χ0n) is 18.1. The number of nitrogens with zero attached hydrogens (tertiary/aromatic N) is 3. The van der Waals surface area contributed by atoms with Crippen LogP contribution < -0.4 is 10.2 Å². The molecule has 1 fully saturated rings. The molecule has 3 aromatic rings. The standard InChI is InChI=1S/C26H30N4O/c1-2-3-8-20-12-14-23(15-13-20)28-26(31)22-11-7-18-30(19-22)24-16-17-27-25(29-24)21-9-5-4-6-10-21/h4-6,9-10,12-17,22H,2-3,7-8,11,18-19H2,1H3,(H,28,31). The molecule has 2 heterocycles. The quantitative estimate of drug-likeness (QED) is 0.567. The Morgan fingerprint density at radius 2 is 1.90 bits per heavy atom. The summed E-state index contributed by atoms with van der Waals surface area (Å²) in [5, 5.41) is 3.11. The normalized spacial score (nSPS) is 16.2. The minimum Gasteiger partial charge on any atom is -0.356 e. The number of aryl methyl sites for hydroxylation is 1. The molecule has 4 rings (SSSR count). The third-order valence-electron chi connectivity index (χ3n) is 5.83. The Labute approximate surface area is 184 Å². The van der Waals surface area contributed by atoms with Gasteiger partial charge in [0.2, 0.25) is 5.91 Å². The van der Waals surface area contributed by atoms with E-state index < -0.39 is 0 Å². The van der Waals surface area contributed by atoms with Crippen molar-refractivity contribution in [2.75, 3.05) is 23.3 Å². The molecule has 5 nitrogen and oxygen atoms in total. The van der Waals surface area contributed by atoms with Crippen molar-refractivity contribution in [1.82, 2.24) is 9.97 Å². The zero-order valence-corrected chi connectivity index (χ0v) is 18.1. The number of unbranched alkanes of at least 4 members (excludes halogenated alkanes) is 1. The first-order chi connectivity index (χ1) is 15.2. The van der Waals surface area contributed by atoms with Gasteiger partial charge < -0.3 is 10.2 Å². The molecule has 0 spiro atoms. The van der Waals surface area contributed by atoms with Crippen molar-refractivity contribution in [2.24, 2.45) is 5.92 Å². The summed E-state index contributed by atoms with van der Waals surface area (Å²) < 4.78 is 0. The highest BCUT2D eigenvalue weighted by atomic mass is 16.1. The number of anilines is 2. The van der Waals surface area contributed by atoms with Crippen molar-refractivity contribution in [3.05, 3.63) is 72.4 Å². The molecule has 5 heteroatoms. The summed E-state index contributed by atoms with van der Waals surface area (Å²) in [6.07, 6.45) is 7.14. The first-order valence-electron chi connectivity index (χ1n) is 11.3. The molecule has 1 N–H and O–H groups in total. The SMILES string of the molecule is CCCCc1ccc(NC(=O)C2CCCN(c3ccnc(-c4ccccc4)n3)C2)cc1. The Morgan fingerprint density at radius 1 is 1.10 bits per heavy atom. The summed E-state index contributed by atoms with van der Waals surface area (Å²) in [5.41, 5.74) is 3.19. The molecule has 1 atom stereocenters. The Bertz CT molecular complexity index is 988. The van der Waals surface area contributed by atoms with E-state index in [0.717, 1.165) is 42.9 Å². The van der Waals surface area contributed by atoms with Crippen molar-refractivity contribution in [3.8, 4) is 11.4 Å². The van der Waals surface area contributed by atoms with E-state index in [-0.39, 0.29) is 11.8 Å². The smallest absolute Gasteiger partial charge is 0.229 e. The van der Waals surface area contributed by atoms with Crippen molar-refractivity contribution in [3.63, 3.8) is 0 Å². The number of rotatable bonds is 7. The van der Waals surface area contributed by atoms with Gasteiger partial charge in [-0.1, -0.05) is 55.8 Å². The second kappa shape index (κ2) is 10.2. The summed E-state index contributed by atoms with van der Waals surface area (Å²) in [6.45, 7) is 3.78. The summed E-state index contributed by atoms with van der Waals surface area (Å²) in [5.74, 6) is 1.63. The molecule has 31 heavy (non-hydrogen) atoms. The van der Waals surface area contributed by atoms with E-state index in [1.807, 2.05) is 48.5 Å². The molecule has 0 radical (unpaired) electrons. The van der Waals surface area contributed by atoms with E-state index >= 15 is 0 Å². The molecule has 0 aliphatic carbocycles. The highest BCUT2D eigenvalue weighted by molar-refractivity contribution is 5.93. The van der Waals surface area contributed by atoms with Crippen LogP contribution in [0.15, 0.2) is 66.9 Å². The van der Waals surface area contributed by atoms with Crippen LogP contribution in [0.2, 0.25) is 0 Å². The maximum Gasteiger partial charge on any atom is 0.229 e. The van der Waals surface area contributed by atoms with E-state index in [4.69, 9.17) is 4.98 Å². The maximum absolute atomic E-state index is 12.9. The molecular weight excluding hydrogens is 384 g/mol. The molecule has 1 aliphatic rings. The number of hydrogen-bond donors (Lipinski definition) is 1. The third-order valence-corrected chi connectivity index (χ3v) is 5.83. The van der Waals surface area contributed by atoms with Gasteiger partial charge in [0.25, 0.3) is 0 Å². The molecule has 1 unspecified atom stereocenters. The topological polar surface area (TPSA) is 58.1 Å². The first-order valence-corrected chi connectivity index (χ1v) is 11.3. The fraction of sp³-hybridized carbons (Fsp3) is 0.346. The Morgan fingerprint density at radius 3 is 2.68 bits per heavy atom. The molecule has 1 amide bonds. The zero-order chi connectivity index (χ0) is 21.5. The van der Waals surface area contributed by atoms with Gasteiger partial charge in [-0.05, 0) is 49.4 Å². The monoisotopic (exact) mass is 414 g/mol. The number of piperidine rings is 1. The average Bonchev–Trinajstić information content (AvgIpc) is 2.84. The van der Waals surface area contributed by atoms with Gasteiger partial charge in [0.1, 0.15) is 5.82 Å². The fourth-order valence-corrected chi connectivity index (χ4v) is 4.03. The van der Waals surface area contributed by atoms with Crippen molar-refractivity contribution < 1.29 is 4.79 Å². The highest BCUT2D eigenvalue weighted by Crippen LogP contribution is 2.25. The number of benzene rings is 2. The Balaban J connectivity index is 1.40. The average molecular weight is 415 g/mol. The van der Waals surface area contributed by atoms with E-state index in [9.17, 15) is 4.79 Å². The summed E-state index contributed by atoms with van der Waals surface area (Å²) in [7, 11) is 0. The maximum atomic E-state index is 12.9.